The smallest absolute Gasteiger partial charge is 0.260 e. The summed E-state index contributed by atoms with van der Waals surface area (Å²) in [4.78, 5) is 33.4. The van der Waals surface area contributed by atoms with Gasteiger partial charge in [0.05, 0.1) is 17.7 Å². The van der Waals surface area contributed by atoms with E-state index in [1.54, 1.807) is 38.3 Å². The van der Waals surface area contributed by atoms with Gasteiger partial charge in [0, 0.05) is 16.6 Å². The van der Waals surface area contributed by atoms with Crippen molar-refractivity contribution >= 4 is 44.9 Å². The molecule has 1 amide bonds. The van der Waals surface area contributed by atoms with Crippen LogP contribution in [0.15, 0.2) is 63.9 Å². The predicted molar refractivity (Wildman–Crippen MR) is 127 cm³/mol. The number of hydrogen-bond donors (Lipinski definition) is 2. The van der Waals surface area contributed by atoms with E-state index < -0.39 is 5.25 Å². The van der Waals surface area contributed by atoms with E-state index in [4.69, 9.17) is 4.74 Å². The van der Waals surface area contributed by atoms with Crippen molar-refractivity contribution in [1.29, 1.82) is 0 Å². The summed E-state index contributed by atoms with van der Waals surface area (Å²) < 4.78 is 5.12. The number of H-pyrrole nitrogens is 1. The van der Waals surface area contributed by atoms with Gasteiger partial charge in [0.15, 0.2) is 5.16 Å². The number of amides is 1. The highest BCUT2D eigenvalue weighted by Crippen LogP contribution is 2.32. The number of aromatic nitrogens is 2. The van der Waals surface area contributed by atoms with E-state index in [0.717, 1.165) is 22.4 Å². The van der Waals surface area contributed by atoms with Crippen molar-refractivity contribution in [3.8, 4) is 16.9 Å². The van der Waals surface area contributed by atoms with Crippen LogP contribution < -0.4 is 15.6 Å². The van der Waals surface area contributed by atoms with Gasteiger partial charge in [-0.15, -0.1) is 11.3 Å². The highest BCUT2D eigenvalue weighted by molar-refractivity contribution is 8.00. The maximum Gasteiger partial charge on any atom is 0.260 e. The molecule has 2 N–H and O–H groups in total. The Morgan fingerprint density at radius 2 is 1.87 bits per heavy atom. The summed E-state index contributed by atoms with van der Waals surface area (Å²) in [5.74, 6) is 0.542. The summed E-state index contributed by atoms with van der Waals surface area (Å²) in [6.45, 7) is 3.80. The van der Waals surface area contributed by atoms with Crippen molar-refractivity contribution in [2.45, 2.75) is 24.3 Å². The monoisotopic (exact) mass is 451 g/mol. The zero-order chi connectivity index (χ0) is 22.0. The van der Waals surface area contributed by atoms with Gasteiger partial charge in [0.2, 0.25) is 5.91 Å². The minimum atomic E-state index is -0.445. The molecule has 0 fully saturated rings. The van der Waals surface area contributed by atoms with Crippen molar-refractivity contribution in [3.05, 3.63) is 69.8 Å². The molecule has 31 heavy (non-hydrogen) atoms. The number of aromatic amines is 1. The second-order valence-electron chi connectivity index (χ2n) is 7.04. The zero-order valence-corrected chi connectivity index (χ0v) is 18.9. The maximum absolute atomic E-state index is 12.8. The average Bonchev–Trinajstić information content (AvgIpc) is 3.19. The molecular formula is C23H21N3O3S2. The van der Waals surface area contributed by atoms with Crippen LogP contribution >= 0.6 is 23.1 Å². The quantitative estimate of drug-likeness (QED) is 0.315. The number of nitrogens with zero attached hydrogens (tertiary/aromatic N) is 1. The second kappa shape index (κ2) is 8.95. The number of thiophene rings is 1. The summed E-state index contributed by atoms with van der Waals surface area (Å²) >= 11 is 2.64. The molecule has 2 aromatic carbocycles. The van der Waals surface area contributed by atoms with E-state index >= 15 is 0 Å². The first-order valence-electron chi connectivity index (χ1n) is 9.64. The van der Waals surface area contributed by atoms with E-state index in [1.165, 1.54) is 23.1 Å². The summed E-state index contributed by atoms with van der Waals surface area (Å²) in [5.41, 5.74) is 3.49. The lowest BCUT2D eigenvalue weighted by Crippen LogP contribution is -2.23. The van der Waals surface area contributed by atoms with Crippen LogP contribution in [-0.2, 0) is 4.79 Å². The first kappa shape index (κ1) is 21.1. The Labute approximate surface area is 187 Å². The minimum absolute atomic E-state index is 0.176. The predicted octanol–water partition coefficient (Wildman–Crippen LogP) is 5.09. The zero-order valence-electron chi connectivity index (χ0n) is 17.3. The second-order valence-corrected chi connectivity index (χ2v) is 9.23. The van der Waals surface area contributed by atoms with Crippen LogP contribution in [0, 0.1) is 6.92 Å². The molecule has 158 valence electrons. The molecule has 6 nitrogen and oxygen atoms in total. The van der Waals surface area contributed by atoms with Gasteiger partial charge in [-0.3, -0.25) is 9.59 Å². The van der Waals surface area contributed by atoms with Crippen LogP contribution in [-0.4, -0.2) is 28.2 Å². The normalized spacial score (nSPS) is 12.0. The number of rotatable bonds is 6. The standard InChI is InChI=1S/C23H21N3O3S2/c1-13-4-6-15(7-5-13)18-12-30-22-19(18)21(28)25-23(26-22)31-14(2)20(27)24-16-8-10-17(29-3)11-9-16/h4-12,14H,1-3H3,(H,24,27)(H,25,26,28). The van der Waals surface area contributed by atoms with Gasteiger partial charge in [-0.05, 0) is 43.7 Å². The lowest BCUT2D eigenvalue weighted by atomic mass is 10.1. The first-order valence-corrected chi connectivity index (χ1v) is 11.4. The molecule has 2 aromatic heterocycles. The van der Waals surface area contributed by atoms with Crippen molar-refractivity contribution in [2.75, 3.05) is 12.4 Å². The third-order valence-electron chi connectivity index (χ3n) is 4.80. The molecule has 0 aliphatic heterocycles. The van der Waals surface area contributed by atoms with Crippen LogP contribution in [0.5, 0.6) is 5.75 Å². The third-order valence-corrected chi connectivity index (χ3v) is 6.66. The molecule has 0 aliphatic rings. The molecule has 0 radical (unpaired) electrons. The summed E-state index contributed by atoms with van der Waals surface area (Å²) in [6, 6.07) is 15.2. The highest BCUT2D eigenvalue weighted by atomic mass is 32.2. The molecule has 4 aromatic rings. The molecule has 4 rings (SSSR count). The molecule has 0 aliphatic carbocycles. The molecule has 0 saturated heterocycles. The Morgan fingerprint density at radius 3 is 2.55 bits per heavy atom. The largest absolute Gasteiger partial charge is 0.497 e. The Morgan fingerprint density at radius 1 is 1.16 bits per heavy atom. The van der Waals surface area contributed by atoms with Gasteiger partial charge in [0.1, 0.15) is 10.6 Å². The Bertz CT molecular complexity index is 1280. The SMILES string of the molecule is COc1ccc(NC(=O)C(C)Sc2nc3scc(-c4ccc(C)cc4)c3c(=O)[nH]2)cc1. The lowest BCUT2D eigenvalue weighted by molar-refractivity contribution is -0.115. The van der Waals surface area contributed by atoms with Gasteiger partial charge < -0.3 is 15.0 Å². The van der Waals surface area contributed by atoms with Crippen LogP contribution in [0.3, 0.4) is 0 Å². The number of nitrogens with one attached hydrogen (secondary N) is 2. The molecule has 0 spiro atoms. The fraction of sp³-hybridized carbons (Fsp3) is 0.174. The summed E-state index contributed by atoms with van der Waals surface area (Å²) in [7, 11) is 1.59. The van der Waals surface area contributed by atoms with Gasteiger partial charge in [0.25, 0.3) is 5.56 Å². The van der Waals surface area contributed by atoms with Crippen LogP contribution in [0.2, 0.25) is 0 Å². The van der Waals surface area contributed by atoms with Gasteiger partial charge in [-0.1, -0.05) is 41.6 Å². The first-order chi connectivity index (χ1) is 14.9. The van der Waals surface area contributed by atoms with Gasteiger partial charge in [-0.25, -0.2) is 4.98 Å². The lowest BCUT2D eigenvalue weighted by Gasteiger charge is -2.12. The van der Waals surface area contributed by atoms with Crippen molar-refractivity contribution < 1.29 is 9.53 Å². The summed E-state index contributed by atoms with van der Waals surface area (Å²) in [5, 5.41) is 5.37. The third kappa shape index (κ3) is 4.65. The number of carbonyl (C=O) groups excluding carboxylic acids is 1. The highest BCUT2D eigenvalue weighted by Gasteiger charge is 2.18. The van der Waals surface area contributed by atoms with E-state index in [9.17, 15) is 9.59 Å². The van der Waals surface area contributed by atoms with Gasteiger partial charge >= 0.3 is 0 Å². The molecule has 8 heteroatoms. The number of aryl methyl sites for hydroxylation is 1. The van der Waals surface area contributed by atoms with E-state index in [1.807, 2.05) is 36.6 Å². The molecule has 2 heterocycles. The maximum atomic E-state index is 12.8. The Kier molecular flexibility index (Phi) is 6.11. The molecular weight excluding hydrogens is 430 g/mol. The minimum Gasteiger partial charge on any atom is -0.497 e. The van der Waals surface area contributed by atoms with Crippen LogP contribution in [0.25, 0.3) is 21.3 Å². The fourth-order valence-corrected chi connectivity index (χ4v) is 4.87. The number of methoxy groups -OCH3 is 1. The Balaban J connectivity index is 1.52. The Hall–Kier alpha value is -3.10. The van der Waals surface area contributed by atoms with E-state index in [0.29, 0.717) is 21.1 Å². The van der Waals surface area contributed by atoms with E-state index in [2.05, 4.69) is 15.3 Å². The van der Waals surface area contributed by atoms with Crippen LogP contribution in [0.1, 0.15) is 12.5 Å². The number of benzene rings is 2. The number of thioether (sulfide) groups is 1. The molecule has 1 unspecified atom stereocenters. The average molecular weight is 452 g/mol. The van der Waals surface area contributed by atoms with Crippen molar-refractivity contribution in [2.24, 2.45) is 0 Å². The van der Waals surface area contributed by atoms with Gasteiger partial charge in [-0.2, -0.15) is 0 Å². The van der Waals surface area contributed by atoms with E-state index in [-0.39, 0.29) is 11.5 Å². The molecule has 0 bridgehead atoms. The number of ether oxygens (including phenoxy) is 1. The van der Waals surface area contributed by atoms with Crippen LogP contribution in [0.4, 0.5) is 5.69 Å². The summed E-state index contributed by atoms with van der Waals surface area (Å²) in [6.07, 6.45) is 0. The molecule has 0 saturated carbocycles. The number of carbonyl (C=O) groups is 1. The van der Waals surface area contributed by atoms with Crippen molar-refractivity contribution in [1.82, 2.24) is 9.97 Å². The van der Waals surface area contributed by atoms with Crippen molar-refractivity contribution in [3.63, 3.8) is 0 Å². The number of anilines is 1. The fourth-order valence-electron chi connectivity index (χ4n) is 3.07. The molecule has 1 atom stereocenters. The topological polar surface area (TPSA) is 84.1 Å². The number of hydrogen-bond acceptors (Lipinski definition) is 6. The number of fused-ring (bicyclic) bond motifs is 1.